The molecule has 2 heterocycles. The molecule has 1 unspecified atom stereocenters. The van der Waals surface area contributed by atoms with Gasteiger partial charge in [0.15, 0.2) is 0 Å². The van der Waals surface area contributed by atoms with Crippen molar-refractivity contribution in [2.24, 2.45) is 0 Å². The first-order valence-electron chi connectivity index (χ1n) is 13.1. The normalized spacial score (nSPS) is 14.8. The number of carbonyl (C=O) groups is 1. The lowest BCUT2D eigenvalue weighted by Gasteiger charge is -2.31. The summed E-state index contributed by atoms with van der Waals surface area (Å²) in [6.45, 7) is 8.84. The quantitative estimate of drug-likeness (QED) is 0.310. The Morgan fingerprint density at radius 2 is 2.05 bits per heavy atom. The number of halogens is 1. The number of amides is 1. The van der Waals surface area contributed by atoms with E-state index in [0.717, 1.165) is 66.8 Å². The summed E-state index contributed by atoms with van der Waals surface area (Å²) in [6.07, 6.45) is 10.2. The number of fused-ring (bicyclic) bond motifs is 1. The van der Waals surface area contributed by atoms with Crippen molar-refractivity contribution in [3.63, 3.8) is 0 Å². The van der Waals surface area contributed by atoms with Crippen molar-refractivity contribution in [3.8, 4) is 5.75 Å². The molecule has 0 radical (unpaired) electrons. The first kappa shape index (κ1) is 28.7. The van der Waals surface area contributed by atoms with E-state index in [9.17, 15) is 9.90 Å². The lowest BCUT2D eigenvalue weighted by molar-refractivity contribution is -0.120. The predicted octanol–water partition coefficient (Wildman–Crippen LogP) is 6.00. The van der Waals surface area contributed by atoms with Crippen molar-refractivity contribution in [1.82, 2.24) is 14.8 Å². The fourth-order valence-corrected chi connectivity index (χ4v) is 4.77. The molecule has 1 aliphatic rings. The standard InChI is InChI=1S/C29H38N4O3.ClH/c1-4-5-15-36-16-14-32-19-22(17-31-32)20-33(23-12-13-27(21(2)3)30-18-23)29(35)26-10-6-9-25-24(26)8-7-11-28(25)34;/h7-8,11-13,17-19,21,26,34H,4-6,9-10,14-16,20H2,1-3H3;1H. The molecule has 7 nitrogen and oxygen atoms in total. The third-order valence-corrected chi connectivity index (χ3v) is 6.85. The van der Waals surface area contributed by atoms with Gasteiger partial charge in [0, 0.05) is 24.1 Å². The molecular weight excluding hydrogens is 488 g/mol. The van der Waals surface area contributed by atoms with Crippen LogP contribution in [0.5, 0.6) is 5.75 Å². The number of nitrogens with zero attached hydrogens (tertiary/aromatic N) is 4. The minimum Gasteiger partial charge on any atom is -0.508 e. The van der Waals surface area contributed by atoms with Crippen LogP contribution in [0.25, 0.3) is 0 Å². The lowest BCUT2D eigenvalue weighted by atomic mass is 9.81. The number of pyridine rings is 1. The second-order valence-corrected chi connectivity index (χ2v) is 9.89. The molecule has 8 heteroatoms. The highest BCUT2D eigenvalue weighted by molar-refractivity contribution is 5.98. The van der Waals surface area contributed by atoms with Crippen LogP contribution >= 0.6 is 12.4 Å². The average Bonchev–Trinajstić information content (AvgIpc) is 3.34. The van der Waals surface area contributed by atoms with E-state index in [0.29, 0.717) is 25.6 Å². The Bertz CT molecular complexity index is 1150. The molecule has 0 bridgehead atoms. The summed E-state index contributed by atoms with van der Waals surface area (Å²) in [5, 5.41) is 14.9. The van der Waals surface area contributed by atoms with Crippen molar-refractivity contribution in [1.29, 1.82) is 0 Å². The molecule has 1 aromatic carbocycles. The molecule has 200 valence electrons. The van der Waals surface area contributed by atoms with Gasteiger partial charge in [0.1, 0.15) is 5.75 Å². The van der Waals surface area contributed by atoms with E-state index < -0.39 is 0 Å². The highest BCUT2D eigenvalue weighted by Crippen LogP contribution is 2.38. The lowest BCUT2D eigenvalue weighted by Crippen LogP contribution is -2.36. The number of phenols is 1. The number of benzene rings is 1. The number of hydrogen-bond acceptors (Lipinski definition) is 5. The average molecular weight is 527 g/mol. The number of carbonyl (C=O) groups excluding carboxylic acids is 1. The maximum absolute atomic E-state index is 14.0. The molecule has 0 saturated carbocycles. The topological polar surface area (TPSA) is 80.5 Å². The van der Waals surface area contributed by atoms with Gasteiger partial charge in [-0.2, -0.15) is 5.10 Å². The van der Waals surface area contributed by atoms with Gasteiger partial charge in [0.2, 0.25) is 5.91 Å². The minimum absolute atomic E-state index is 0. The monoisotopic (exact) mass is 526 g/mol. The van der Waals surface area contributed by atoms with E-state index in [-0.39, 0.29) is 30.0 Å². The molecule has 0 fully saturated rings. The van der Waals surface area contributed by atoms with Crippen LogP contribution in [0.1, 0.15) is 80.7 Å². The van der Waals surface area contributed by atoms with Crippen LogP contribution in [0, 0.1) is 0 Å². The van der Waals surface area contributed by atoms with Gasteiger partial charge < -0.3 is 14.7 Å². The Balaban J connectivity index is 0.00000380. The third-order valence-electron chi connectivity index (χ3n) is 6.85. The summed E-state index contributed by atoms with van der Waals surface area (Å²) in [5.74, 6) is 0.319. The molecule has 1 atom stereocenters. The zero-order valence-electron chi connectivity index (χ0n) is 22.1. The van der Waals surface area contributed by atoms with E-state index in [1.165, 1.54) is 0 Å². The van der Waals surface area contributed by atoms with Gasteiger partial charge in [0.05, 0.1) is 43.7 Å². The van der Waals surface area contributed by atoms with Crippen molar-refractivity contribution in [2.45, 2.75) is 77.8 Å². The molecule has 0 saturated heterocycles. The number of aromatic hydroxyl groups is 1. The summed E-state index contributed by atoms with van der Waals surface area (Å²) in [5.41, 5.74) is 4.55. The van der Waals surface area contributed by atoms with Gasteiger partial charge >= 0.3 is 0 Å². The Hall–Kier alpha value is -2.90. The van der Waals surface area contributed by atoms with E-state index in [4.69, 9.17) is 4.74 Å². The van der Waals surface area contributed by atoms with E-state index in [1.54, 1.807) is 12.3 Å². The molecular formula is C29H39ClN4O3. The number of anilines is 1. The van der Waals surface area contributed by atoms with Gasteiger partial charge in [0.25, 0.3) is 0 Å². The molecule has 1 amide bonds. The SMILES string of the molecule is CCCCOCCn1cc(CN(C(=O)C2CCCc3c(O)cccc32)c2ccc(C(C)C)nc2)cn1.Cl. The smallest absolute Gasteiger partial charge is 0.234 e. The Labute approximate surface area is 226 Å². The van der Waals surface area contributed by atoms with Crippen molar-refractivity contribution in [3.05, 3.63) is 71.3 Å². The number of aromatic nitrogens is 3. The van der Waals surface area contributed by atoms with Crippen LogP contribution in [0.4, 0.5) is 5.69 Å². The number of ether oxygens (including phenoxy) is 1. The van der Waals surface area contributed by atoms with Crippen molar-refractivity contribution < 1.29 is 14.6 Å². The zero-order valence-corrected chi connectivity index (χ0v) is 22.9. The van der Waals surface area contributed by atoms with E-state index in [2.05, 4.69) is 30.9 Å². The number of unbranched alkanes of at least 4 members (excludes halogenated alkanes) is 1. The van der Waals surface area contributed by atoms with E-state index >= 15 is 0 Å². The van der Waals surface area contributed by atoms with Gasteiger partial charge in [-0.15, -0.1) is 12.4 Å². The second-order valence-electron chi connectivity index (χ2n) is 9.89. The molecule has 3 aromatic rings. The Morgan fingerprint density at radius 1 is 1.22 bits per heavy atom. The van der Waals surface area contributed by atoms with Crippen LogP contribution in [0.2, 0.25) is 0 Å². The second kappa shape index (κ2) is 13.6. The summed E-state index contributed by atoms with van der Waals surface area (Å²) in [4.78, 5) is 20.5. The van der Waals surface area contributed by atoms with Crippen LogP contribution in [0.3, 0.4) is 0 Å². The van der Waals surface area contributed by atoms with Crippen LogP contribution < -0.4 is 4.90 Å². The number of hydrogen-bond donors (Lipinski definition) is 1. The third kappa shape index (κ3) is 7.11. The summed E-state index contributed by atoms with van der Waals surface area (Å²) in [6, 6.07) is 9.50. The molecule has 1 aliphatic carbocycles. The van der Waals surface area contributed by atoms with Crippen molar-refractivity contribution >= 4 is 24.0 Å². The molecule has 2 aromatic heterocycles. The largest absolute Gasteiger partial charge is 0.508 e. The molecule has 1 N–H and O–H groups in total. The fourth-order valence-electron chi connectivity index (χ4n) is 4.77. The first-order valence-corrected chi connectivity index (χ1v) is 13.1. The van der Waals surface area contributed by atoms with Crippen molar-refractivity contribution in [2.75, 3.05) is 18.1 Å². The van der Waals surface area contributed by atoms with Crippen LogP contribution in [0.15, 0.2) is 48.9 Å². The summed E-state index contributed by atoms with van der Waals surface area (Å²) in [7, 11) is 0. The maximum atomic E-state index is 14.0. The summed E-state index contributed by atoms with van der Waals surface area (Å²) < 4.78 is 7.55. The Morgan fingerprint density at radius 3 is 2.78 bits per heavy atom. The molecule has 0 aliphatic heterocycles. The highest BCUT2D eigenvalue weighted by Gasteiger charge is 2.32. The number of rotatable bonds is 11. The zero-order chi connectivity index (χ0) is 25.5. The van der Waals surface area contributed by atoms with Gasteiger partial charge in [-0.3, -0.25) is 14.5 Å². The maximum Gasteiger partial charge on any atom is 0.234 e. The molecule has 4 rings (SSSR count). The van der Waals surface area contributed by atoms with Gasteiger partial charge in [-0.05, 0) is 60.9 Å². The number of phenolic OH excluding ortho intramolecular Hbond substituents is 1. The predicted molar refractivity (Wildman–Crippen MR) is 149 cm³/mol. The first-order chi connectivity index (χ1) is 17.5. The highest BCUT2D eigenvalue weighted by atomic mass is 35.5. The summed E-state index contributed by atoms with van der Waals surface area (Å²) >= 11 is 0. The van der Waals surface area contributed by atoms with Crippen LogP contribution in [-0.2, 0) is 29.0 Å². The van der Waals surface area contributed by atoms with Crippen LogP contribution in [-0.4, -0.2) is 39.0 Å². The fraction of sp³-hybridized carbons (Fsp3) is 0.483. The van der Waals surface area contributed by atoms with E-state index in [1.807, 2.05) is 46.2 Å². The Kier molecular flexibility index (Phi) is 10.5. The molecule has 0 spiro atoms. The molecule has 37 heavy (non-hydrogen) atoms. The minimum atomic E-state index is -0.298. The van der Waals surface area contributed by atoms with Gasteiger partial charge in [-0.25, -0.2) is 0 Å². The van der Waals surface area contributed by atoms with Gasteiger partial charge in [-0.1, -0.05) is 39.3 Å².